The predicted molar refractivity (Wildman–Crippen MR) is 111 cm³/mol. The lowest BCUT2D eigenvalue weighted by Gasteiger charge is -2.36. The Morgan fingerprint density at radius 1 is 1.07 bits per heavy atom. The van der Waals surface area contributed by atoms with Crippen LogP contribution in [0.1, 0.15) is 22.3 Å². The summed E-state index contributed by atoms with van der Waals surface area (Å²) >= 11 is 0. The molecule has 0 aliphatic carbocycles. The summed E-state index contributed by atoms with van der Waals surface area (Å²) in [4.78, 5) is 17.2. The number of benzene rings is 2. The first-order valence-corrected chi connectivity index (χ1v) is 9.82. The number of hydrogen-bond acceptors (Lipinski definition) is 5. The number of rotatable bonds is 6. The number of aryl methyl sites for hydroxylation is 1. The van der Waals surface area contributed by atoms with Gasteiger partial charge in [-0.05, 0) is 55.8 Å². The van der Waals surface area contributed by atoms with E-state index in [1.165, 1.54) is 11.3 Å². The summed E-state index contributed by atoms with van der Waals surface area (Å²) in [6.07, 6.45) is 0.947. The molecule has 146 valence electrons. The second-order valence-corrected chi connectivity index (χ2v) is 7.30. The summed E-state index contributed by atoms with van der Waals surface area (Å²) in [5.41, 5.74) is 4.71. The second kappa shape index (κ2) is 8.39. The van der Waals surface area contributed by atoms with Crippen LogP contribution in [0.3, 0.4) is 0 Å². The van der Waals surface area contributed by atoms with E-state index in [2.05, 4.69) is 61.7 Å². The third kappa shape index (κ3) is 4.31. The Labute approximate surface area is 164 Å². The molecule has 28 heavy (non-hydrogen) atoms. The molecule has 0 bridgehead atoms. The average Bonchev–Trinajstić information content (AvgIpc) is 3.19. The van der Waals surface area contributed by atoms with Crippen LogP contribution in [0.15, 0.2) is 42.5 Å². The molecule has 0 atom stereocenters. The van der Waals surface area contributed by atoms with Crippen LogP contribution in [0.2, 0.25) is 0 Å². The molecule has 1 aromatic heterocycles. The van der Waals surface area contributed by atoms with Gasteiger partial charge in [0.15, 0.2) is 0 Å². The summed E-state index contributed by atoms with van der Waals surface area (Å²) in [6.45, 7) is 8.03. The molecule has 4 rings (SSSR count). The minimum Gasteiger partial charge on any atom is -0.369 e. The van der Waals surface area contributed by atoms with Gasteiger partial charge in [-0.2, -0.15) is 15.4 Å². The van der Waals surface area contributed by atoms with Gasteiger partial charge in [0, 0.05) is 44.0 Å². The summed E-state index contributed by atoms with van der Waals surface area (Å²) in [5, 5.41) is 13.6. The molecule has 2 heterocycles. The predicted octanol–water partition coefficient (Wildman–Crippen LogP) is 2.21. The number of carbonyl (C=O) groups excluding carboxylic acids is 1. The molecule has 0 radical (unpaired) electrons. The van der Waals surface area contributed by atoms with Crippen LogP contribution >= 0.6 is 0 Å². The number of anilines is 1. The first-order valence-electron chi connectivity index (χ1n) is 9.82. The fourth-order valence-electron chi connectivity index (χ4n) is 3.64. The zero-order valence-electron chi connectivity index (χ0n) is 16.2. The Morgan fingerprint density at radius 2 is 1.89 bits per heavy atom. The van der Waals surface area contributed by atoms with Crippen LogP contribution in [0, 0.1) is 6.92 Å². The van der Waals surface area contributed by atoms with E-state index in [1.807, 2.05) is 6.07 Å². The van der Waals surface area contributed by atoms with Gasteiger partial charge in [0.25, 0.3) is 5.91 Å². The number of nitrogens with one attached hydrogen (secondary N) is 2. The smallest absolute Gasteiger partial charge is 0.251 e. The van der Waals surface area contributed by atoms with Crippen molar-refractivity contribution >= 4 is 22.6 Å². The van der Waals surface area contributed by atoms with Gasteiger partial charge in [-0.1, -0.05) is 12.1 Å². The molecule has 1 aliphatic heterocycles. The average molecular weight is 378 g/mol. The Morgan fingerprint density at radius 3 is 2.71 bits per heavy atom. The lowest BCUT2D eigenvalue weighted by atomic mass is 10.2. The highest BCUT2D eigenvalue weighted by Crippen LogP contribution is 2.17. The number of aromatic amines is 1. The van der Waals surface area contributed by atoms with E-state index in [0.29, 0.717) is 17.6 Å². The number of nitrogens with zero attached hydrogens (tertiary/aromatic N) is 4. The largest absolute Gasteiger partial charge is 0.369 e. The first kappa shape index (κ1) is 18.4. The van der Waals surface area contributed by atoms with E-state index < -0.39 is 0 Å². The van der Waals surface area contributed by atoms with Gasteiger partial charge in [0.05, 0.1) is 0 Å². The molecule has 1 aliphatic rings. The van der Waals surface area contributed by atoms with E-state index in [0.717, 1.165) is 44.7 Å². The number of aromatic nitrogens is 3. The molecule has 0 saturated carbocycles. The maximum Gasteiger partial charge on any atom is 0.251 e. The van der Waals surface area contributed by atoms with Gasteiger partial charge >= 0.3 is 0 Å². The van der Waals surface area contributed by atoms with Crippen molar-refractivity contribution in [2.45, 2.75) is 13.3 Å². The molecule has 1 amide bonds. The first-order chi connectivity index (χ1) is 13.7. The minimum atomic E-state index is -0.0610. The van der Waals surface area contributed by atoms with Crippen molar-refractivity contribution in [3.05, 3.63) is 53.6 Å². The van der Waals surface area contributed by atoms with Crippen molar-refractivity contribution < 1.29 is 4.79 Å². The van der Waals surface area contributed by atoms with E-state index in [-0.39, 0.29) is 5.91 Å². The zero-order chi connectivity index (χ0) is 19.3. The van der Waals surface area contributed by atoms with Gasteiger partial charge in [-0.25, -0.2) is 0 Å². The maximum atomic E-state index is 12.3. The third-order valence-corrected chi connectivity index (χ3v) is 5.25. The Kier molecular flexibility index (Phi) is 5.53. The molecular formula is C21H26N6O. The van der Waals surface area contributed by atoms with Crippen LogP contribution in [-0.4, -0.2) is 65.5 Å². The quantitative estimate of drug-likeness (QED) is 0.643. The zero-order valence-corrected chi connectivity index (χ0v) is 16.2. The van der Waals surface area contributed by atoms with E-state index >= 15 is 0 Å². The standard InChI is InChI=1S/C21H26N6O/c1-16-4-2-5-18(14-16)27-12-10-26(11-13-27)9-3-8-22-21(28)17-6-7-19-20(15-17)24-25-23-19/h2,4-7,14-15H,3,8-13H2,1H3,(H,22,28)(H,23,24,25). The van der Waals surface area contributed by atoms with Crippen molar-refractivity contribution in [1.82, 2.24) is 25.6 Å². The van der Waals surface area contributed by atoms with Crippen LogP contribution in [-0.2, 0) is 0 Å². The summed E-state index contributed by atoms with van der Waals surface area (Å²) in [6, 6.07) is 14.1. The van der Waals surface area contributed by atoms with Gasteiger partial charge in [0.1, 0.15) is 11.0 Å². The summed E-state index contributed by atoms with van der Waals surface area (Å²) in [7, 11) is 0. The normalized spacial score (nSPS) is 15.1. The molecular weight excluding hydrogens is 352 g/mol. The summed E-state index contributed by atoms with van der Waals surface area (Å²) in [5.74, 6) is -0.0610. The molecule has 1 saturated heterocycles. The number of fused-ring (bicyclic) bond motifs is 1. The van der Waals surface area contributed by atoms with Gasteiger partial charge in [-0.3, -0.25) is 9.69 Å². The number of H-pyrrole nitrogens is 1. The number of amides is 1. The highest BCUT2D eigenvalue weighted by atomic mass is 16.1. The van der Waals surface area contributed by atoms with Crippen molar-refractivity contribution in [2.24, 2.45) is 0 Å². The van der Waals surface area contributed by atoms with Crippen LogP contribution in [0.25, 0.3) is 11.0 Å². The maximum absolute atomic E-state index is 12.3. The van der Waals surface area contributed by atoms with Crippen molar-refractivity contribution in [1.29, 1.82) is 0 Å². The van der Waals surface area contributed by atoms with E-state index in [4.69, 9.17) is 0 Å². The molecule has 2 aromatic carbocycles. The molecule has 0 spiro atoms. The Hall–Kier alpha value is -2.93. The summed E-state index contributed by atoms with van der Waals surface area (Å²) < 4.78 is 0. The minimum absolute atomic E-state index is 0.0610. The van der Waals surface area contributed by atoms with Gasteiger partial charge < -0.3 is 10.2 Å². The highest BCUT2D eigenvalue weighted by Gasteiger charge is 2.17. The highest BCUT2D eigenvalue weighted by molar-refractivity contribution is 5.97. The van der Waals surface area contributed by atoms with Crippen LogP contribution < -0.4 is 10.2 Å². The topological polar surface area (TPSA) is 77.1 Å². The molecule has 3 aromatic rings. The van der Waals surface area contributed by atoms with Crippen LogP contribution in [0.4, 0.5) is 5.69 Å². The lowest BCUT2D eigenvalue weighted by Crippen LogP contribution is -2.47. The lowest BCUT2D eigenvalue weighted by molar-refractivity contribution is 0.0951. The van der Waals surface area contributed by atoms with Crippen molar-refractivity contribution in [3.63, 3.8) is 0 Å². The van der Waals surface area contributed by atoms with Crippen molar-refractivity contribution in [2.75, 3.05) is 44.2 Å². The number of piperazine rings is 1. The fourth-order valence-corrected chi connectivity index (χ4v) is 3.64. The fraction of sp³-hybridized carbons (Fsp3) is 0.381. The SMILES string of the molecule is Cc1cccc(N2CCN(CCCNC(=O)c3ccc4n[nH]nc4c3)CC2)c1. The monoisotopic (exact) mass is 378 g/mol. The molecule has 0 unspecified atom stereocenters. The van der Waals surface area contributed by atoms with E-state index in [9.17, 15) is 4.79 Å². The number of carbonyl (C=O) groups is 1. The second-order valence-electron chi connectivity index (χ2n) is 7.30. The van der Waals surface area contributed by atoms with Gasteiger partial charge in [0.2, 0.25) is 0 Å². The number of hydrogen-bond donors (Lipinski definition) is 2. The Balaban J connectivity index is 1.18. The van der Waals surface area contributed by atoms with E-state index in [1.54, 1.807) is 12.1 Å². The van der Waals surface area contributed by atoms with Gasteiger partial charge in [-0.15, -0.1) is 0 Å². The van der Waals surface area contributed by atoms with Crippen molar-refractivity contribution in [3.8, 4) is 0 Å². The molecule has 7 heteroatoms. The molecule has 2 N–H and O–H groups in total. The third-order valence-electron chi connectivity index (χ3n) is 5.25. The molecule has 1 fully saturated rings. The molecule has 7 nitrogen and oxygen atoms in total. The Bertz CT molecular complexity index is 945. The van der Waals surface area contributed by atoms with Crippen LogP contribution in [0.5, 0.6) is 0 Å².